The van der Waals surface area contributed by atoms with Crippen LogP contribution >= 0.6 is 0 Å². The Hall–Kier alpha value is -3.60. The summed E-state index contributed by atoms with van der Waals surface area (Å²) in [5.41, 5.74) is -0.0267. The highest BCUT2D eigenvalue weighted by molar-refractivity contribution is 6.22. The average molecular weight is 331 g/mol. The largest absolute Gasteiger partial charge is 0.507 e. The van der Waals surface area contributed by atoms with E-state index in [9.17, 15) is 19.6 Å². The van der Waals surface area contributed by atoms with Crippen molar-refractivity contribution in [1.29, 1.82) is 0 Å². The maximum atomic E-state index is 12.9. The molecule has 0 aliphatic carbocycles. The molecule has 0 aliphatic heterocycles. The molecule has 0 spiro atoms. The third-order valence-corrected chi connectivity index (χ3v) is 3.79. The zero-order valence-electron chi connectivity index (χ0n) is 13.0. The molecule has 5 nitrogen and oxygen atoms in total. The number of carbonyl (C=O) groups is 2. The molecule has 0 aliphatic rings. The van der Waals surface area contributed by atoms with Crippen LogP contribution in [0.1, 0.15) is 31.8 Å². The highest BCUT2D eigenvalue weighted by atomic mass is 16.3. The van der Waals surface area contributed by atoms with Gasteiger partial charge in [-0.15, -0.1) is 4.91 Å². The van der Waals surface area contributed by atoms with Crippen molar-refractivity contribution in [3.63, 3.8) is 0 Å². The van der Waals surface area contributed by atoms with Crippen molar-refractivity contribution in [2.24, 2.45) is 5.18 Å². The smallest absolute Gasteiger partial charge is 0.197 e. The zero-order valence-corrected chi connectivity index (χ0v) is 13.0. The van der Waals surface area contributed by atoms with Gasteiger partial charge in [0.25, 0.3) is 0 Å². The summed E-state index contributed by atoms with van der Waals surface area (Å²) in [7, 11) is 0. The number of hydrogen-bond donors (Lipinski definition) is 1. The first-order chi connectivity index (χ1) is 12.1. The Morgan fingerprint density at radius 1 is 0.680 bits per heavy atom. The Bertz CT molecular complexity index is 950. The fraction of sp³-hybridized carbons (Fsp3) is 0. The third kappa shape index (κ3) is 3.07. The van der Waals surface area contributed by atoms with Crippen LogP contribution in [0.4, 0.5) is 5.69 Å². The van der Waals surface area contributed by atoms with Crippen molar-refractivity contribution in [3.8, 4) is 5.75 Å². The van der Waals surface area contributed by atoms with E-state index in [0.29, 0.717) is 11.1 Å². The lowest BCUT2D eigenvalue weighted by atomic mass is 9.91. The lowest BCUT2D eigenvalue weighted by molar-refractivity contribution is 0.100. The molecule has 0 saturated carbocycles. The molecule has 3 aromatic rings. The minimum absolute atomic E-state index is 0.189. The monoisotopic (exact) mass is 331 g/mol. The van der Waals surface area contributed by atoms with Gasteiger partial charge in [0.1, 0.15) is 11.4 Å². The lowest BCUT2D eigenvalue weighted by Gasteiger charge is -2.12. The van der Waals surface area contributed by atoms with Crippen molar-refractivity contribution < 1.29 is 14.7 Å². The molecule has 0 heterocycles. The summed E-state index contributed by atoms with van der Waals surface area (Å²) >= 11 is 0. The quantitative estimate of drug-likeness (QED) is 0.559. The highest BCUT2D eigenvalue weighted by Crippen LogP contribution is 2.33. The van der Waals surface area contributed by atoms with Gasteiger partial charge in [-0.25, -0.2) is 0 Å². The molecule has 0 fully saturated rings. The van der Waals surface area contributed by atoms with E-state index < -0.39 is 11.6 Å². The average Bonchev–Trinajstić information content (AvgIpc) is 2.68. The summed E-state index contributed by atoms with van der Waals surface area (Å²) in [6.07, 6.45) is 0. The molecule has 0 atom stereocenters. The summed E-state index contributed by atoms with van der Waals surface area (Å²) in [4.78, 5) is 36.9. The van der Waals surface area contributed by atoms with Crippen LogP contribution in [0.3, 0.4) is 0 Å². The predicted octanol–water partition coefficient (Wildman–Crippen LogP) is 4.25. The Morgan fingerprint density at radius 2 is 1.16 bits per heavy atom. The van der Waals surface area contributed by atoms with Crippen LogP contribution in [0, 0.1) is 4.91 Å². The standard InChI is InChI=1S/C20H13NO4/c22-16-12-11-15(21-25)17(19(23)13-7-3-1-4-8-13)18(16)20(24)14-9-5-2-6-10-14/h1-12,22H. The second-order valence-corrected chi connectivity index (χ2v) is 5.34. The van der Waals surface area contributed by atoms with Gasteiger partial charge in [0, 0.05) is 11.1 Å². The third-order valence-electron chi connectivity index (χ3n) is 3.79. The van der Waals surface area contributed by atoms with Crippen molar-refractivity contribution in [1.82, 2.24) is 0 Å². The molecule has 0 bridgehead atoms. The zero-order chi connectivity index (χ0) is 17.8. The van der Waals surface area contributed by atoms with Gasteiger partial charge in [-0.05, 0) is 17.3 Å². The van der Waals surface area contributed by atoms with E-state index in [1.54, 1.807) is 60.7 Å². The van der Waals surface area contributed by atoms with Crippen LogP contribution in [-0.2, 0) is 0 Å². The summed E-state index contributed by atoms with van der Waals surface area (Å²) in [6, 6.07) is 18.9. The molecule has 0 radical (unpaired) electrons. The van der Waals surface area contributed by atoms with E-state index in [1.165, 1.54) is 12.1 Å². The maximum absolute atomic E-state index is 12.9. The molecule has 25 heavy (non-hydrogen) atoms. The summed E-state index contributed by atoms with van der Waals surface area (Å²) in [5, 5.41) is 13.1. The normalized spacial score (nSPS) is 10.2. The Morgan fingerprint density at radius 3 is 1.64 bits per heavy atom. The molecule has 0 aromatic heterocycles. The number of phenols is 1. The molecule has 0 saturated heterocycles. The van der Waals surface area contributed by atoms with Gasteiger partial charge in [-0.2, -0.15) is 0 Å². The Labute approximate surface area is 143 Å². The fourth-order valence-electron chi connectivity index (χ4n) is 2.58. The number of nitroso groups, excluding NO2 is 1. The molecule has 3 rings (SSSR count). The van der Waals surface area contributed by atoms with Crippen LogP contribution in [0.25, 0.3) is 0 Å². The first kappa shape index (κ1) is 16.3. The molecule has 122 valence electrons. The van der Waals surface area contributed by atoms with Crippen LogP contribution in [0.15, 0.2) is 78.0 Å². The second kappa shape index (κ2) is 6.88. The van der Waals surface area contributed by atoms with E-state index in [2.05, 4.69) is 5.18 Å². The number of benzene rings is 3. The van der Waals surface area contributed by atoms with Gasteiger partial charge in [0.05, 0.1) is 11.1 Å². The van der Waals surface area contributed by atoms with Gasteiger partial charge in [0.15, 0.2) is 11.6 Å². The number of rotatable bonds is 5. The lowest BCUT2D eigenvalue weighted by Crippen LogP contribution is -2.12. The first-order valence-corrected chi connectivity index (χ1v) is 7.52. The molecular weight excluding hydrogens is 318 g/mol. The Kier molecular flexibility index (Phi) is 4.48. The number of ketones is 2. The molecule has 1 N–H and O–H groups in total. The molecule has 0 unspecified atom stereocenters. The number of phenolic OH excluding ortho intramolecular Hbond substituents is 1. The van der Waals surface area contributed by atoms with Gasteiger partial charge in [-0.1, -0.05) is 60.7 Å². The Balaban J connectivity index is 2.23. The van der Waals surface area contributed by atoms with Crippen LogP contribution in [0.5, 0.6) is 5.75 Å². The summed E-state index contributed by atoms with van der Waals surface area (Å²) < 4.78 is 0. The van der Waals surface area contributed by atoms with Crippen molar-refractivity contribution in [3.05, 3.63) is 100.0 Å². The number of aromatic hydroxyl groups is 1. The molecule has 0 amide bonds. The summed E-state index contributed by atoms with van der Waals surface area (Å²) in [5.74, 6) is -1.48. The van der Waals surface area contributed by atoms with Crippen LogP contribution < -0.4 is 0 Å². The van der Waals surface area contributed by atoms with E-state index in [0.717, 1.165) is 0 Å². The van der Waals surface area contributed by atoms with Gasteiger partial charge in [-0.3, -0.25) is 9.59 Å². The van der Waals surface area contributed by atoms with E-state index in [1.807, 2.05) is 0 Å². The van der Waals surface area contributed by atoms with Gasteiger partial charge < -0.3 is 5.11 Å². The minimum atomic E-state index is -0.553. The van der Waals surface area contributed by atoms with E-state index in [4.69, 9.17) is 0 Å². The first-order valence-electron chi connectivity index (χ1n) is 7.52. The SMILES string of the molecule is O=Nc1ccc(O)c(C(=O)c2ccccc2)c1C(=O)c1ccccc1. The maximum Gasteiger partial charge on any atom is 0.197 e. The molecule has 5 heteroatoms. The van der Waals surface area contributed by atoms with Crippen molar-refractivity contribution >= 4 is 17.3 Å². The summed E-state index contributed by atoms with van der Waals surface area (Å²) in [6.45, 7) is 0. The highest BCUT2D eigenvalue weighted by Gasteiger charge is 2.26. The minimum Gasteiger partial charge on any atom is -0.507 e. The molecule has 3 aromatic carbocycles. The second-order valence-electron chi connectivity index (χ2n) is 5.34. The predicted molar refractivity (Wildman–Crippen MR) is 93.3 cm³/mol. The van der Waals surface area contributed by atoms with E-state index in [-0.39, 0.29) is 22.6 Å². The van der Waals surface area contributed by atoms with Crippen LogP contribution in [-0.4, -0.2) is 16.7 Å². The van der Waals surface area contributed by atoms with Crippen molar-refractivity contribution in [2.45, 2.75) is 0 Å². The topological polar surface area (TPSA) is 83.8 Å². The fourth-order valence-corrected chi connectivity index (χ4v) is 2.58. The van der Waals surface area contributed by atoms with E-state index >= 15 is 0 Å². The molecular formula is C20H13NO4. The van der Waals surface area contributed by atoms with Gasteiger partial charge >= 0.3 is 0 Å². The number of nitrogens with zero attached hydrogens (tertiary/aromatic N) is 1. The van der Waals surface area contributed by atoms with Crippen LogP contribution in [0.2, 0.25) is 0 Å². The van der Waals surface area contributed by atoms with Gasteiger partial charge in [0.2, 0.25) is 0 Å². The number of carbonyl (C=O) groups excluding carboxylic acids is 2. The number of hydrogen-bond acceptors (Lipinski definition) is 5. The van der Waals surface area contributed by atoms with Crippen molar-refractivity contribution in [2.75, 3.05) is 0 Å².